The molecule has 0 amide bonds. The van der Waals surface area contributed by atoms with E-state index in [9.17, 15) is 4.79 Å². The third kappa shape index (κ3) is 3.09. The second kappa shape index (κ2) is 5.81. The SMILES string of the molecule is CCc1ccc(CC(=O)c2cc(C)ccc2Br)s1. The van der Waals surface area contributed by atoms with Crippen molar-refractivity contribution in [3.63, 3.8) is 0 Å². The van der Waals surface area contributed by atoms with Gasteiger partial charge in [0.25, 0.3) is 0 Å². The van der Waals surface area contributed by atoms with E-state index in [0.717, 1.165) is 26.9 Å². The molecule has 0 spiro atoms. The van der Waals surface area contributed by atoms with Crippen molar-refractivity contribution in [2.24, 2.45) is 0 Å². The third-order valence-corrected chi connectivity index (χ3v) is 4.74. The summed E-state index contributed by atoms with van der Waals surface area (Å²) < 4.78 is 0.880. The largest absolute Gasteiger partial charge is 0.294 e. The fourth-order valence-corrected chi connectivity index (χ4v) is 3.24. The lowest BCUT2D eigenvalue weighted by Crippen LogP contribution is -2.03. The number of ketones is 1. The molecule has 18 heavy (non-hydrogen) atoms. The van der Waals surface area contributed by atoms with Crippen molar-refractivity contribution in [3.05, 3.63) is 55.7 Å². The van der Waals surface area contributed by atoms with Crippen LogP contribution in [0.3, 0.4) is 0 Å². The van der Waals surface area contributed by atoms with Gasteiger partial charge in [-0.15, -0.1) is 11.3 Å². The Kier molecular flexibility index (Phi) is 4.36. The first-order valence-corrected chi connectivity index (χ1v) is 7.58. The molecule has 0 atom stereocenters. The van der Waals surface area contributed by atoms with Gasteiger partial charge in [-0.3, -0.25) is 4.79 Å². The summed E-state index contributed by atoms with van der Waals surface area (Å²) in [7, 11) is 0. The van der Waals surface area contributed by atoms with Gasteiger partial charge in [0.1, 0.15) is 0 Å². The molecule has 0 saturated carbocycles. The summed E-state index contributed by atoms with van der Waals surface area (Å²) in [5, 5.41) is 0. The van der Waals surface area contributed by atoms with Gasteiger partial charge in [-0.1, -0.05) is 34.5 Å². The van der Waals surface area contributed by atoms with E-state index >= 15 is 0 Å². The lowest BCUT2D eigenvalue weighted by Gasteiger charge is -2.04. The van der Waals surface area contributed by atoms with Crippen molar-refractivity contribution in [1.29, 1.82) is 0 Å². The maximum absolute atomic E-state index is 12.3. The first-order chi connectivity index (χ1) is 8.60. The summed E-state index contributed by atoms with van der Waals surface area (Å²) in [5.74, 6) is 0.176. The van der Waals surface area contributed by atoms with E-state index < -0.39 is 0 Å². The Morgan fingerprint density at radius 2 is 1.94 bits per heavy atom. The number of carbonyl (C=O) groups is 1. The topological polar surface area (TPSA) is 17.1 Å². The Bertz CT molecular complexity index is 572. The molecule has 0 aliphatic heterocycles. The summed E-state index contributed by atoms with van der Waals surface area (Å²) in [6, 6.07) is 10.1. The molecule has 1 heterocycles. The van der Waals surface area contributed by atoms with Crippen LogP contribution in [0.2, 0.25) is 0 Å². The van der Waals surface area contributed by atoms with E-state index in [1.54, 1.807) is 11.3 Å². The monoisotopic (exact) mass is 322 g/mol. The van der Waals surface area contributed by atoms with Crippen LogP contribution in [0.4, 0.5) is 0 Å². The first kappa shape index (κ1) is 13.5. The highest BCUT2D eigenvalue weighted by Crippen LogP contribution is 2.23. The van der Waals surface area contributed by atoms with Crippen LogP contribution in [0.1, 0.15) is 32.6 Å². The Morgan fingerprint density at radius 3 is 2.61 bits per heavy atom. The normalized spacial score (nSPS) is 10.6. The lowest BCUT2D eigenvalue weighted by molar-refractivity contribution is 0.0993. The Morgan fingerprint density at radius 1 is 1.22 bits per heavy atom. The van der Waals surface area contributed by atoms with E-state index in [2.05, 4.69) is 35.0 Å². The van der Waals surface area contributed by atoms with Gasteiger partial charge in [0, 0.05) is 26.2 Å². The summed E-state index contributed by atoms with van der Waals surface area (Å²) in [6.45, 7) is 4.14. The average Bonchev–Trinajstić information content (AvgIpc) is 2.80. The molecule has 2 aromatic rings. The number of aryl methyl sites for hydroxylation is 2. The van der Waals surface area contributed by atoms with Crippen LogP contribution < -0.4 is 0 Å². The van der Waals surface area contributed by atoms with Crippen LogP contribution in [0.15, 0.2) is 34.8 Å². The second-order valence-corrected chi connectivity index (χ2v) is 6.41. The van der Waals surface area contributed by atoms with Crippen molar-refractivity contribution in [2.45, 2.75) is 26.7 Å². The summed E-state index contributed by atoms with van der Waals surface area (Å²) in [6.07, 6.45) is 1.53. The van der Waals surface area contributed by atoms with Gasteiger partial charge in [-0.25, -0.2) is 0 Å². The van der Waals surface area contributed by atoms with Crippen molar-refractivity contribution in [3.8, 4) is 0 Å². The van der Waals surface area contributed by atoms with Crippen LogP contribution in [0.25, 0.3) is 0 Å². The van der Waals surface area contributed by atoms with Gasteiger partial charge in [0.15, 0.2) is 5.78 Å². The number of hydrogen-bond acceptors (Lipinski definition) is 2. The standard InChI is InChI=1S/C15H15BrOS/c1-3-11-5-6-12(18-11)9-15(17)13-8-10(2)4-7-14(13)16/h4-8H,3,9H2,1-2H3. The molecule has 3 heteroatoms. The van der Waals surface area contributed by atoms with Gasteiger partial charge < -0.3 is 0 Å². The zero-order chi connectivity index (χ0) is 13.1. The van der Waals surface area contributed by atoms with Crippen molar-refractivity contribution in [2.75, 3.05) is 0 Å². The molecule has 0 N–H and O–H groups in total. The lowest BCUT2D eigenvalue weighted by atomic mass is 10.1. The van der Waals surface area contributed by atoms with Gasteiger partial charge in [0.05, 0.1) is 0 Å². The molecule has 0 aliphatic rings. The number of halogens is 1. The Hall–Kier alpha value is -0.930. The zero-order valence-electron chi connectivity index (χ0n) is 10.5. The molecule has 0 bridgehead atoms. The highest BCUT2D eigenvalue weighted by molar-refractivity contribution is 9.10. The minimum absolute atomic E-state index is 0.176. The molecule has 0 radical (unpaired) electrons. The number of rotatable bonds is 4. The molecule has 1 aromatic carbocycles. The van der Waals surface area contributed by atoms with E-state index in [-0.39, 0.29) is 5.78 Å². The van der Waals surface area contributed by atoms with Crippen LogP contribution in [-0.2, 0) is 12.8 Å². The number of carbonyl (C=O) groups excluding carboxylic acids is 1. The predicted molar refractivity (Wildman–Crippen MR) is 80.6 cm³/mol. The molecule has 0 aliphatic carbocycles. The minimum Gasteiger partial charge on any atom is -0.294 e. The molecule has 0 saturated heterocycles. The molecule has 2 rings (SSSR count). The quantitative estimate of drug-likeness (QED) is 0.738. The van der Waals surface area contributed by atoms with Gasteiger partial charge >= 0.3 is 0 Å². The maximum Gasteiger partial charge on any atom is 0.169 e. The van der Waals surface area contributed by atoms with Gasteiger partial charge in [0.2, 0.25) is 0 Å². The summed E-state index contributed by atoms with van der Waals surface area (Å²) >= 11 is 5.18. The molecule has 0 unspecified atom stereocenters. The van der Waals surface area contributed by atoms with Crippen LogP contribution in [-0.4, -0.2) is 5.78 Å². The zero-order valence-corrected chi connectivity index (χ0v) is 12.9. The van der Waals surface area contributed by atoms with Crippen LogP contribution >= 0.6 is 27.3 Å². The Labute approximate surface area is 120 Å². The first-order valence-electron chi connectivity index (χ1n) is 5.97. The fourth-order valence-electron chi connectivity index (χ4n) is 1.81. The summed E-state index contributed by atoms with van der Waals surface area (Å²) in [5.41, 5.74) is 1.89. The highest BCUT2D eigenvalue weighted by Gasteiger charge is 2.12. The fraction of sp³-hybridized carbons (Fsp3) is 0.267. The second-order valence-electron chi connectivity index (χ2n) is 4.30. The van der Waals surface area contributed by atoms with Gasteiger partial charge in [-0.05, 0) is 37.6 Å². The van der Waals surface area contributed by atoms with E-state index in [4.69, 9.17) is 0 Å². The molecular weight excluding hydrogens is 308 g/mol. The smallest absolute Gasteiger partial charge is 0.169 e. The maximum atomic E-state index is 12.3. The van der Waals surface area contributed by atoms with Crippen molar-refractivity contribution < 1.29 is 4.79 Å². The van der Waals surface area contributed by atoms with Crippen molar-refractivity contribution >= 4 is 33.0 Å². The molecule has 1 aromatic heterocycles. The number of Topliss-reactive ketones (excluding diaryl/α,β-unsaturated/α-hetero) is 1. The summed E-state index contributed by atoms with van der Waals surface area (Å²) in [4.78, 5) is 14.7. The van der Waals surface area contributed by atoms with Crippen LogP contribution in [0, 0.1) is 6.92 Å². The van der Waals surface area contributed by atoms with Gasteiger partial charge in [-0.2, -0.15) is 0 Å². The highest BCUT2D eigenvalue weighted by atomic mass is 79.9. The number of thiophene rings is 1. The average molecular weight is 323 g/mol. The molecule has 94 valence electrons. The molecular formula is C15H15BrOS. The molecule has 1 nitrogen and oxygen atoms in total. The number of benzene rings is 1. The van der Waals surface area contributed by atoms with E-state index in [1.165, 1.54) is 4.88 Å². The minimum atomic E-state index is 0.176. The third-order valence-electron chi connectivity index (χ3n) is 2.82. The predicted octanol–water partition coefficient (Wildman–Crippen LogP) is 4.81. The molecule has 0 fully saturated rings. The van der Waals surface area contributed by atoms with E-state index in [0.29, 0.717) is 6.42 Å². The van der Waals surface area contributed by atoms with Crippen LogP contribution in [0.5, 0.6) is 0 Å². The van der Waals surface area contributed by atoms with E-state index in [1.807, 2.05) is 25.1 Å². The Balaban J connectivity index is 2.19. The van der Waals surface area contributed by atoms with Crippen molar-refractivity contribution in [1.82, 2.24) is 0 Å². The number of hydrogen-bond donors (Lipinski definition) is 0.